The second-order valence-corrected chi connectivity index (χ2v) is 9.03. The second kappa shape index (κ2) is 9.88. The zero-order valence-corrected chi connectivity index (χ0v) is 18.4. The van der Waals surface area contributed by atoms with Crippen molar-refractivity contribution >= 4 is 17.2 Å². The molecule has 0 saturated carbocycles. The van der Waals surface area contributed by atoms with E-state index >= 15 is 0 Å². The molecule has 2 aromatic rings. The molecule has 1 fully saturated rings. The van der Waals surface area contributed by atoms with E-state index in [1.807, 2.05) is 4.90 Å². The number of benzene rings is 2. The summed E-state index contributed by atoms with van der Waals surface area (Å²) < 4.78 is 21.8. The highest BCUT2D eigenvalue weighted by Crippen LogP contribution is 2.29. The van der Waals surface area contributed by atoms with Crippen molar-refractivity contribution in [3.8, 4) is 11.1 Å². The minimum Gasteiger partial charge on any atom is -0.771 e. The van der Waals surface area contributed by atoms with Crippen molar-refractivity contribution in [2.24, 2.45) is 0 Å². The molecule has 1 N–H and O–H groups in total. The van der Waals surface area contributed by atoms with Crippen LogP contribution < -0.4 is 5.32 Å². The fourth-order valence-corrected chi connectivity index (χ4v) is 4.97. The third-order valence-electron chi connectivity index (χ3n) is 6.10. The Kier molecular flexibility index (Phi) is 7.00. The van der Waals surface area contributed by atoms with Crippen LogP contribution in [-0.4, -0.2) is 50.1 Å². The molecule has 5 nitrogen and oxygen atoms in total. The van der Waals surface area contributed by atoms with Crippen LogP contribution in [0, 0.1) is 0 Å². The first-order chi connectivity index (χ1) is 14.6. The van der Waals surface area contributed by atoms with Crippen LogP contribution in [0.25, 0.3) is 17.2 Å². The van der Waals surface area contributed by atoms with Crippen LogP contribution in [0.3, 0.4) is 0 Å². The summed E-state index contributed by atoms with van der Waals surface area (Å²) in [5.41, 5.74) is 6.46. The predicted molar refractivity (Wildman–Crippen MR) is 122 cm³/mol. The summed E-state index contributed by atoms with van der Waals surface area (Å²) >= 11 is -1.99. The average Bonchev–Trinajstić information content (AvgIpc) is 2.77. The van der Waals surface area contributed by atoms with E-state index in [-0.39, 0.29) is 5.88 Å². The Bertz CT molecular complexity index is 922. The van der Waals surface area contributed by atoms with Gasteiger partial charge < -0.3 is 14.8 Å². The smallest absolute Gasteiger partial charge is 0.0613 e. The molecule has 0 bridgehead atoms. The highest BCUT2D eigenvalue weighted by molar-refractivity contribution is 7.79. The van der Waals surface area contributed by atoms with Crippen LogP contribution in [0.2, 0.25) is 0 Å². The van der Waals surface area contributed by atoms with E-state index in [1.165, 1.54) is 27.8 Å². The highest BCUT2D eigenvalue weighted by atomic mass is 32.2. The van der Waals surface area contributed by atoms with Crippen LogP contribution in [0.5, 0.6) is 0 Å². The molecule has 1 atom stereocenters. The lowest BCUT2D eigenvalue weighted by Crippen LogP contribution is -2.44. The summed E-state index contributed by atoms with van der Waals surface area (Å²) in [7, 11) is 0. The van der Waals surface area contributed by atoms with Crippen molar-refractivity contribution in [2.75, 3.05) is 25.5 Å². The lowest BCUT2D eigenvalue weighted by Gasteiger charge is -2.39. The van der Waals surface area contributed by atoms with Crippen LogP contribution >= 0.6 is 0 Å². The summed E-state index contributed by atoms with van der Waals surface area (Å²) in [6.45, 7) is 6.61. The number of nitrogens with zero attached hydrogens (tertiary/aromatic N) is 2. The Labute approximate surface area is 182 Å². The van der Waals surface area contributed by atoms with Crippen LogP contribution in [0.15, 0.2) is 48.7 Å². The van der Waals surface area contributed by atoms with Crippen molar-refractivity contribution in [1.29, 1.82) is 0 Å². The van der Waals surface area contributed by atoms with Crippen LogP contribution in [0.1, 0.15) is 36.5 Å². The third-order valence-corrected chi connectivity index (χ3v) is 6.67. The Morgan fingerprint density at radius 3 is 2.70 bits per heavy atom. The maximum absolute atomic E-state index is 10.9. The van der Waals surface area contributed by atoms with Crippen molar-refractivity contribution in [3.63, 3.8) is 0 Å². The first-order valence-corrected chi connectivity index (χ1v) is 12.0. The minimum absolute atomic E-state index is 0.157. The van der Waals surface area contributed by atoms with Gasteiger partial charge in [-0.2, -0.15) is 0 Å². The predicted octanol–water partition coefficient (Wildman–Crippen LogP) is 3.55. The van der Waals surface area contributed by atoms with Crippen molar-refractivity contribution in [2.45, 2.75) is 38.9 Å². The van der Waals surface area contributed by atoms with Gasteiger partial charge in [0.05, 0.1) is 5.88 Å². The third kappa shape index (κ3) is 5.19. The lowest BCUT2D eigenvalue weighted by atomic mass is 9.95. The van der Waals surface area contributed by atoms with E-state index in [4.69, 9.17) is 0 Å². The molecule has 1 unspecified atom stereocenters. The van der Waals surface area contributed by atoms with Gasteiger partial charge in [-0.1, -0.05) is 37.3 Å². The van der Waals surface area contributed by atoms with E-state index in [9.17, 15) is 8.76 Å². The molecule has 0 radical (unpaired) electrons. The fraction of sp³-hybridized carbons (Fsp3) is 0.417. The van der Waals surface area contributed by atoms with E-state index in [1.54, 1.807) is 0 Å². The van der Waals surface area contributed by atoms with Crippen molar-refractivity contribution < 1.29 is 8.76 Å². The summed E-state index contributed by atoms with van der Waals surface area (Å²) in [5, 5.41) is 3.39. The standard InChI is InChI=1S/C24H31N3O2S/c1-2-25-16-19-4-3-5-20(14-19)21-6-7-23-17-27(13-8-22(23)15-21)24-9-11-26(12-10-24)18-30(28)29/h3-8,13-15,24-25H,2,9-12,16-18H2,1H3,(H,28,29)/p-1. The van der Waals surface area contributed by atoms with Crippen LogP contribution in [0.4, 0.5) is 0 Å². The van der Waals surface area contributed by atoms with Gasteiger partial charge in [-0.25, -0.2) is 0 Å². The lowest BCUT2D eigenvalue weighted by molar-refractivity contribution is 0.149. The Morgan fingerprint density at radius 2 is 1.93 bits per heavy atom. The van der Waals surface area contributed by atoms with E-state index in [0.29, 0.717) is 6.04 Å². The molecule has 2 aliphatic rings. The number of hydrogen-bond donors (Lipinski definition) is 1. The summed E-state index contributed by atoms with van der Waals surface area (Å²) in [6, 6.07) is 16.0. The van der Waals surface area contributed by atoms with Gasteiger partial charge >= 0.3 is 0 Å². The molecule has 2 aliphatic heterocycles. The molecule has 30 heavy (non-hydrogen) atoms. The highest BCUT2D eigenvalue weighted by Gasteiger charge is 2.24. The molecule has 0 spiro atoms. The molecule has 6 heteroatoms. The normalized spacial score (nSPS) is 18.4. The first kappa shape index (κ1) is 21.2. The SMILES string of the molecule is CCNCc1cccc(-c2ccc3c(c2)C=CN(C2CCN(CS(=O)[O-])CC2)C3)c1. The van der Waals surface area contributed by atoms with E-state index in [2.05, 4.69) is 71.9 Å². The number of likely N-dealkylation sites (tertiary alicyclic amines) is 1. The summed E-state index contributed by atoms with van der Waals surface area (Å²) in [6.07, 6.45) is 6.46. The van der Waals surface area contributed by atoms with Crippen molar-refractivity contribution in [3.05, 3.63) is 65.4 Å². The molecule has 2 heterocycles. The van der Waals surface area contributed by atoms with Gasteiger partial charge in [0.25, 0.3) is 0 Å². The molecule has 160 valence electrons. The molecular formula is C24H30N3O2S-. The quantitative estimate of drug-likeness (QED) is 0.689. The van der Waals surface area contributed by atoms with Gasteiger partial charge in [0.2, 0.25) is 0 Å². The Balaban J connectivity index is 1.42. The largest absolute Gasteiger partial charge is 0.771 e. The Hall–Kier alpha value is -1.99. The van der Waals surface area contributed by atoms with Gasteiger partial charge in [-0.05, 0) is 76.5 Å². The van der Waals surface area contributed by atoms with Gasteiger partial charge in [-0.15, -0.1) is 0 Å². The van der Waals surface area contributed by atoms with E-state index in [0.717, 1.165) is 45.6 Å². The van der Waals surface area contributed by atoms with Gasteiger partial charge in [-0.3, -0.25) is 9.11 Å². The zero-order chi connectivity index (χ0) is 20.9. The minimum atomic E-state index is -1.99. The molecule has 0 amide bonds. The Morgan fingerprint density at radius 1 is 1.13 bits per heavy atom. The van der Waals surface area contributed by atoms with Gasteiger partial charge in [0, 0.05) is 38.4 Å². The molecule has 2 aromatic carbocycles. The number of piperidine rings is 1. The molecule has 0 aromatic heterocycles. The summed E-state index contributed by atoms with van der Waals surface area (Å²) in [5.74, 6) is 0.157. The average molecular weight is 425 g/mol. The summed E-state index contributed by atoms with van der Waals surface area (Å²) in [4.78, 5) is 4.45. The van der Waals surface area contributed by atoms with Crippen LogP contribution in [-0.2, 0) is 24.2 Å². The molecular weight excluding hydrogens is 394 g/mol. The number of fused-ring (bicyclic) bond motifs is 1. The van der Waals surface area contributed by atoms with Gasteiger partial charge in [0.15, 0.2) is 0 Å². The monoisotopic (exact) mass is 424 g/mol. The topological polar surface area (TPSA) is 58.6 Å². The number of rotatable bonds is 7. The molecule has 0 aliphatic carbocycles. The molecule has 4 rings (SSSR count). The fourth-order valence-electron chi connectivity index (χ4n) is 4.41. The maximum atomic E-state index is 10.9. The van der Waals surface area contributed by atoms with E-state index < -0.39 is 11.1 Å². The van der Waals surface area contributed by atoms with Gasteiger partial charge in [0.1, 0.15) is 0 Å². The first-order valence-electron chi connectivity index (χ1n) is 10.8. The maximum Gasteiger partial charge on any atom is 0.0613 e. The molecule has 1 saturated heterocycles. The second-order valence-electron chi connectivity index (χ2n) is 8.16. The zero-order valence-electron chi connectivity index (χ0n) is 17.5. The number of nitrogens with one attached hydrogen (secondary N) is 1. The van der Waals surface area contributed by atoms with Crippen molar-refractivity contribution in [1.82, 2.24) is 15.1 Å². The number of hydrogen-bond acceptors (Lipinski definition) is 5.